The van der Waals surface area contributed by atoms with Crippen molar-refractivity contribution in [3.63, 3.8) is 0 Å². The summed E-state index contributed by atoms with van der Waals surface area (Å²) in [5.41, 5.74) is 1.21. The van der Waals surface area contributed by atoms with Crippen LogP contribution in [-0.2, 0) is 4.79 Å². The van der Waals surface area contributed by atoms with Crippen molar-refractivity contribution in [3.8, 4) is 5.75 Å². The molecule has 2 N–H and O–H groups in total. The van der Waals surface area contributed by atoms with Gasteiger partial charge in [-0.05, 0) is 46.5 Å². The standard InChI is InChI=1S/C24H28N6O5/c1-35-20-12-10-16(11-13-20)23(24-26-27-28-29(24)18-7-3-2-4-8-18)25-21(15-22(31)32)17-6-5-9-19(14-17)30(33)34/h5-6,9-14,18,21,23,25H,2-4,7-8,15H2,1H3,(H,31,32). The van der Waals surface area contributed by atoms with Gasteiger partial charge in [-0.2, -0.15) is 0 Å². The minimum absolute atomic E-state index is 0.104. The highest BCUT2D eigenvalue weighted by Crippen LogP contribution is 2.33. The van der Waals surface area contributed by atoms with Crippen molar-refractivity contribution in [1.82, 2.24) is 25.5 Å². The van der Waals surface area contributed by atoms with Gasteiger partial charge in [0.1, 0.15) is 5.75 Å². The lowest BCUT2D eigenvalue weighted by Gasteiger charge is -2.28. The number of carboxylic acids is 1. The lowest BCUT2D eigenvalue weighted by atomic mass is 9.94. The molecule has 2 aromatic carbocycles. The largest absolute Gasteiger partial charge is 0.497 e. The fraction of sp³-hybridized carbons (Fsp3) is 0.417. The normalized spacial score (nSPS) is 15.9. The number of aliphatic carboxylic acids is 1. The number of aromatic nitrogens is 4. The molecule has 4 rings (SSSR count). The highest BCUT2D eigenvalue weighted by molar-refractivity contribution is 5.68. The number of carboxylic acid groups (broad SMARTS) is 1. The van der Waals surface area contributed by atoms with Crippen molar-refractivity contribution < 1.29 is 19.6 Å². The predicted molar refractivity (Wildman–Crippen MR) is 126 cm³/mol. The van der Waals surface area contributed by atoms with Gasteiger partial charge in [0.05, 0.1) is 30.5 Å². The average molecular weight is 481 g/mol. The van der Waals surface area contributed by atoms with E-state index in [0.717, 1.165) is 31.2 Å². The number of ether oxygens (including phenoxy) is 1. The Morgan fingerprint density at radius 3 is 2.60 bits per heavy atom. The van der Waals surface area contributed by atoms with E-state index in [1.165, 1.54) is 18.6 Å². The molecule has 0 aliphatic heterocycles. The van der Waals surface area contributed by atoms with Crippen LogP contribution in [0.1, 0.15) is 73.6 Å². The van der Waals surface area contributed by atoms with E-state index in [9.17, 15) is 20.0 Å². The maximum absolute atomic E-state index is 11.8. The van der Waals surface area contributed by atoms with Crippen molar-refractivity contribution >= 4 is 11.7 Å². The first-order valence-electron chi connectivity index (χ1n) is 11.6. The molecule has 1 aromatic heterocycles. The first-order chi connectivity index (χ1) is 17.0. The van der Waals surface area contributed by atoms with Crippen molar-refractivity contribution in [3.05, 3.63) is 75.6 Å². The molecule has 0 amide bonds. The highest BCUT2D eigenvalue weighted by Gasteiger charge is 2.30. The zero-order valence-corrected chi connectivity index (χ0v) is 19.4. The molecule has 11 nitrogen and oxygen atoms in total. The number of nitro benzene ring substituents is 1. The van der Waals surface area contributed by atoms with Crippen LogP contribution in [0.25, 0.3) is 0 Å². The second-order valence-corrected chi connectivity index (χ2v) is 8.65. The molecule has 2 atom stereocenters. The van der Waals surface area contributed by atoms with Crippen LogP contribution >= 0.6 is 0 Å². The molecule has 3 aromatic rings. The molecule has 184 valence electrons. The van der Waals surface area contributed by atoms with Crippen molar-refractivity contribution in [2.75, 3.05) is 7.11 Å². The molecule has 11 heteroatoms. The number of nitrogens with zero attached hydrogens (tertiary/aromatic N) is 5. The Morgan fingerprint density at radius 2 is 1.94 bits per heavy atom. The van der Waals surface area contributed by atoms with E-state index in [1.54, 1.807) is 19.2 Å². The van der Waals surface area contributed by atoms with Crippen LogP contribution < -0.4 is 10.1 Å². The molecule has 0 spiro atoms. The van der Waals surface area contributed by atoms with Gasteiger partial charge >= 0.3 is 5.97 Å². The molecular weight excluding hydrogens is 452 g/mol. The van der Waals surface area contributed by atoms with Crippen LogP contribution in [0.5, 0.6) is 5.75 Å². The van der Waals surface area contributed by atoms with Gasteiger partial charge in [-0.3, -0.25) is 20.2 Å². The van der Waals surface area contributed by atoms with E-state index in [2.05, 4.69) is 20.8 Å². The zero-order valence-electron chi connectivity index (χ0n) is 19.4. The van der Waals surface area contributed by atoms with Crippen LogP contribution in [0.3, 0.4) is 0 Å². The summed E-state index contributed by atoms with van der Waals surface area (Å²) in [6, 6.07) is 12.3. The molecule has 1 fully saturated rings. The fourth-order valence-electron chi connectivity index (χ4n) is 4.60. The number of hydrogen-bond acceptors (Lipinski definition) is 8. The van der Waals surface area contributed by atoms with E-state index >= 15 is 0 Å². The first kappa shape index (κ1) is 24.3. The number of nitrogens with one attached hydrogen (secondary N) is 1. The van der Waals surface area contributed by atoms with Gasteiger partial charge < -0.3 is 9.84 Å². The average Bonchev–Trinajstić information content (AvgIpc) is 3.36. The van der Waals surface area contributed by atoms with Crippen molar-refractivity contribution in [1.29, 1.82) is 0 Å². The second kappa shape index (κ2) is 11.0. The zero-order chi connectivity index (χ0) is 24.8. The van der Waals surface area contributed by atoms with Crippen LogP contribution in [0.15, 0.2) is 48.5 Å². The minimum Gasteiger partial charge on any atom is -0.497 e. The molecule has 0 radical (unpaired) electrons. The number of carbonyl (C=O) groups is 1. The highest BCUT2D eigenvalue weighted by atomic mass is 16.6. The number of benzene rings is 2. The van der Waals surface area contributed by atoms with Crippen LogP contribution in [0.4, 0.5) is 5.69 Å². The Labute approximate surface area is 202 Å². The van der Waals surface area contributed by atoms with Gasteiger partial charge in [-0.25, -0.2) is 4.68 Å². The number of methoxy groups -OCH3 is 1. The number of nitro groups is 1. The SMILES string of the molecule is COc1ccc(C(NC(CC(=O)O)c2cccc([N+](=O)[O-])c2)c2nnnn2C2CCCCC2)cc1. The molecule has 1 aliphatic rings. The van der Waals surface area contributed by atoms with E-state index in [4.69, 9.17) is 4.74 Å². The Kier molecular flexibility index (Phi) is 7.66. The third kappa shape index (κ3) is 5.80. The quantitative estimate of drug-likeness (QED) is 0.325. The summed E-state index contributed by atoms with van der Waals surface area (Å²) in [5, 5.41) is 36.9. The van der Waals surface area contributed by atoms with E-state index < -0.39 is 23.0 Å². The van der Waals surface area contributed by atoms with E-state index in [1.807, 2.05) is 28.9 Å². The summed E-state index contributed by atoms with van der Waals surface area (Å²) in [7, 11) is 1.58. The summed E-state index contributed by atoms with van der Waals surface area (Å²) in [6.07, 6.45) is 5.04. The van der Waals surface area contributed by atoms with Gasteiger partial charge in [-0.1, -0.05) is 43.5 Å². The number of tetrazole rings is 1. The molecule has 2 unspecified atom stereocenters. The molecular formula is C24H28N6O5. The molecule has 0 bridgehead atoms. The number of rotatable bonds is 10. The van der Waals surface area contributed by atoms with Gasteiger partial charge in [0.2, 0.25) is 0 Å². The third-order valence-electron chi connectivity index (χ3n) is 6.38. The maximum Gasteiger partial charge on any atom is 0.305 e. The fourth-order valence-corrected chi connectivity index (χ4v) is 4.60. The monoisotopic (exact) mass is 480 g/mol. The Balaban J connectivity index is 1.75. The molecule has 35 heavy (non-hydrogen) atoms. The Bertz CT molecular complexity index is 1160. The van der Waals surface area contributed by atoms with Gasteiger partial charge in [0, 0.05) is 18.2 Å². The molecule has 1 heterocycles. The van der Waals surface area contributed by atoms with Crippen LogP contribution in [0, 0.1) is 10.1 Å². The summed E-state index contributed by atoms with van der Waals surface area (Å²) >= 11 is 0. The number of hydrogen-bond donors (Lipinski definition) is 2. The van der Waals surface area contributed by atoms with Crippen LogP contribution in [0.2, 0.25) is 0 Å². The third-order valence-corrected chi connectivity index (χ3v) is 6.38. The van der Waals surface area contributed by atoms with Gasteiger partial charge in [0.25, 0.3) is 5.69 Å². The van der Waals surface area contributed by atoms with Crippen molar-refractivity contribution in [2.45, 2.75) is 56.7 Å². The minimum atomic E-state index is -1.03. The summed E-state index contributed by atoms with van der Waals surface area (Å²) < 4.78 is 7.13. The molecule has 1 aliphatic carbocycles. The second-order valence-electron chi connectivity index (χ2n) is 8.65. The topological polar surface area (TPSA) is 145 Å². The smallest absolute Gasteiger partial charge is 0.305 e. The lowest BCUT2D eigenvalue weighted by Crippen LogP contribution is -2.32. The molecule has 1 saturated carbocycles. The first-order valence-corrected chi connectivity index (χ1v) is 11.6. The molecule has 0 saturated heterocycles. The summed E-state index contributed by atoms with van der Waals surface area (Å²) in [4.78, 5) is 22.6. The Morgan fingerprint density at radius 1 is 1.20 bits per heavy atom. The van der Waals surface area contributed by atoms with Gasteiger partial charge in [-0.15, -0.1) is 5.10 Å². The van der Waals surface area contributed by atoms with E-state index in [-0.39, 0.29) is 18.2 Å². The van der Waals surface area contributed by atoms with Crippen molar-refractivity contribution in [2.24, 2.45) is 0 Å². The predicted octanol–water partition coefficient (Wildman–Crippen LogP) is 3.99. The lowest BCUT2D eigenvalue weighted by molar-refractivity contribution is -0.384. The summed E-state index contributed by atoms with van der Waals surface area (Å²) in [6.45, 7) is 0. The number of non-ortho nitro benzene ring substituents is 1. The van der Waals surface area contributed by atoms with E-state index in [0.29, 0.717) is 17.1 Å². The maximum atomic E-state index is 11.8. The summed E-state index contributed by atoms with van der Waals surface area (Å²) in [5.74, 6) is 0.220. The van der Waals surface area contributed by atoms with Gasteiger partial charge in [0.15, 0.2) is 5.82 Å². The Hall–Kier alpha value is -3.86. The van der Waals surface area contributed by atoms with Crippen LogP contribution in [-0.4, -0.2) is 43.3 Å².